The third-order valence-corrected chi connectivity index (χ3v) is 5.79. The van der Waals surface area contributed by atoms with Crippen molar-refractivity contribution in [1.82, 2.24) is 14.8 Å². The summed E-state index contributed by atoms with van der Waals surface area (Å²) < 4.78 is 26.3. The maximum atomic E-state index is 13.1. The van der Waals surface area contributed by atoms with Crippen molar-refractivity contribution in [3.63, 3.8) is 0 Å². The van der Waals surface area contributed by atoms with Gasteiger partial charge in [-0.05, 0) is 54.8 Å². The van der Waals surface area contributed by atoms with Crippen LogP contribution in [-0.4, -0.2) is 34.6 Å². The standard InChI is InChI=1S/C21H22FN3O2S/c1-26-18-10-6-16(7-11-18)20-23-24-21(25(20)13-19-3-2-12-27-19)28-14-15-4-8-17(22)9-5-15/h4-11,19H,2-3,12-14H2,1H3/t19-/m1/s1. The zero-order valence-electron chi connectivity index (χ0n) is 15.7. The Kier molecular flexibility index (Phi) is 5.92. The fourth-order valence-electron chi connectivity index (χ4n) is 3.23. The van der Waals surface area contributed by atoms with Crippen LogP contribution in [0.15, 0.2) is 53.7 Å². The summed E-state index contributed by atoms with van der Waals surface area (Å²) in [5.74, 6) is 2.10. The highest BCUT2D eigenvalue weighted by Crippen LogP contribution is 2.29. The third-order valence-electron chi connectivity index (χ3n) is 4.76. The molecule has 0 saturated carbocycles. The monoisotopic (exact) mass is 399 g/mol. The zero-order chi connectivity index (χ0) is 19.3. The van der Waals surface area contributed by atoms with E-state index >= 15 is 0 Å². The van der Waals surface area contributed by atoms with E-state index in [1.165, 1.54) is 12.1 Å². The van der Waals surface area contributed by atoms with Crippen molar-refractivity contribution in [2.24, 2.45) is 0 Å². The van der Waals surface area contributed by atoms with Crippen LogP contribution in [0, 0.1) is 5.82 Å². The summed E-state index contributed by atoms with van der Waals surface area (Å²) in [7, 11) is 1.65. The molecule has 146 valence electrons. The van der Waals surface area contributed by atoms with Gasteiger partial charge >= 0.3 is 0 Å². The molecule has 0 N–H and O–H groups in total. The quantitative estimate of drug-likeness (QED) is 0.545. The van der Waals surface area contributed by atoms with Gasteiger partial charge in [-0.25, -0.2) is 4.39 Å². The number of thioether (sulfide) groups is 1. The number of rotatable bonds is 7. The van der Waals surface area contributed by atoms with Gasteiger partial charge in [0.15, 0.2) is 11.0 Å². The second-order valence-corrected chi connectivity index (χ2v) is 7.64. The Hall–Kier alpha value is -2.38. The Morgan fingerprint density at radius 3 is 2.61 bits per heavy atom. The molecule has 28 heavy (non-hydrogen) atoms. The van der Waals surface area contributed by atoms with Gasteiger partial charge in [0, 0.05) is 17.9 Å². The predicted molar refractivity (Wildman–Crippen MR) is 107 cm³/mol. The maximum Gasteiger partial charge on any atom is 0.191 e. The van der Waals surface area contributed by atoms with Gasteiger partial charge in [0.2, 0.25) is 0 Å². The Labute approximate surface area is 167 Å². The van der Waals surface area contributed by atoms with Crippen LogP contribution in [-0.2, 0) is 17.0 Å². The molecule has 7 heteroatoms. The minimum atomic E-state index is -0.225. The van der Waals surface area contributed by atoms with E-state index in [1.54, 1.807) is 31.0 Å². The van der Waals surface area contributed by atoms with E-state index in [1.807, 2.05) is 24.3 Å². The summed E-state index contributed by atoms with van der Waals surface area (Å²) >= 11 is 1.60. The van der Waals surface area contributed by atoms with Crippen LogP contribution in [0.5, 0.6) is 5.75 Å². The van der Waals surface area contributed by atoms with Gasteiger partial charge in [-0.15, -0.1) is 10.2 Å². The largest absolute Gasteiger partial charge is 0.497 e. The Morgan fingerprint density at radius 1 is 1.14 bits per heavy atom. The smallest absolute Gasteiger partial charge is 0.191 e. The van der Waals surface area contributed by atoms with Gasteiger partial charge in [-0.1, -0.05) is 23.9 Å². The Morgan fingerprint density at radius 2 is 1.93 bits per heavy atom. The van der Waals surface area contributed by atoms with Crippen molar-refractivity contribution < 1.29 is 13.9 Å². The summed E-state index contributed by atoms with van der Waals surface area (Å²) in [6, 6.07) is 14.4. The molecule has 4 rings (SSSR count). The molecular formula is C21H22FN3O2S. The van der Waals surface area contributed by atoms with E-state index in [-0.39, 0.29) is 11.9 Å². The van der Waals surface area contributed by atoms with Crippen LogP contribution in [0.3, 0.4) is 0 Å². The van der Waals surface area contributed by atoms with Crippen LogP contribution in [0.4, 0.5) is 4.39 Å². The van der Waals surface area contributed by atoms with E-state index in [9.17, 15) is 4.39 Å². The summed E-state index contributed by atoms with van der Waals surface area (Å²) in [6.45, 7) is 1.53. The maximum absolute atomic E-state index is 13.1. The molecule has 2 heterocycles. The highest BCUT2D eigenvalue weighted by atomic mass is 32.2. The van der Waals surface area contributed by atoms with Crippen molar-refractivity contribution in [3.8, 4) is 17.1 Å². The van der Waals surface area contributed by atoms with Crippen molar-refractivity contribution in [1.29, 1.82) is 0 Å². The average molecular weight is 399 g/mol. The zero-order valence-corrected chi connectivity index (χ0v) is 16.5. The molecule has 1 atom stereocenters. The van der Waals surface area contributed by atoms with Gasteiger partial charge in [-0.3, -0.25) is 4.57 Å². The molecule has 2 aromatic carbocycles. The van der Waals surface area contributed by atoms with Crippen molar-refractivity contribution in [3.05, 3.63) is 59.9 Å². The van der Waals surface area contributed by atoms with Crippen LogP contribution in [0.2, 0.25) is 0 Å². The molecule has 1 aliphatic heterocycles. The van der Waals surface area contributed by atoms with Gasteiger partial charge in [0.05, 0.1) is 19.8 Å². The fourth-order valence-corrected chi connectivity index (χ4v) is 4.14. The molecule has 1 aliphatic rings. The number of methoxy groups -OCH3 is 1. The SMILES string of the molecule is COc1ccc(-c2nnc(SCc3ccc(F)cc3)n2C[C@H]2CCCO2)cc1. The molecular weight excluding hydrogens is 377 g/mol. The normalized spacial score (nSPS) is 16.4. The Bertz CT molecular complexity index is 906. The van der Waals surface area contributed by atoms with E-state index in [4.69, 9.17) is 9.47 Å². The number of ether oxygens (including phenoxy) is 2. The molecule has 0 bridgehead atoms. The molecule has 0 unspecified atom stereocenters. The summed E-state index contributed by atoms with van der Waals surface area (Å²) in [6.07, 6.45) is 2.31. The first kappa shape index (κ1) is 19.0. The van der Waals surface area contributed by atoms with Crippen LogP contribution >= 0.6 is 11.8 Å². The molecule has 1 fully saturated rings. The number of halogens is 1. The highest BCUT2D eigenvalue weighted by Gasteiger charge is 2.22. The van der Waals surface area contributed by atoms with Crippen LogP contribution in [0.1, 0.15) is 18.4 Å². The van der Waals surface area contributed by atoms with Crippen molar-refractivity contribution >= 4 is 11.8 Å². The molecule has 5 nitrogen and oxygen atoms in total. The fraction of sp³-hybridized carbons (Fsp3) is 0.333. The second kappa shape index (κ2) is 8.75. The topological polar surface area (TPSA) is 49.2 Å². The van der Waals surface area contributed by atoms with E-state index in [0.29, 0.717) is 5.75 Å². The number of hydrogen-bond acceptors (Lipinski definition) is 5. The van der Waals surface area contributed by atoms with E-state index in [2.05, 4.69) is 14.8 Å². The second-order valence-electron chi connectivity index (χ2n) is 6.70. The summed E-state index contributed by atoms with van der Waals surface area (Å²) in [5.41, 5.74) is 2.03. The number of hydrogen-bond donors (Lipinski definition) is 0. The van der Waals surface area contributed by atoms with Crippen molar-refractivity contribution in [2.45, 2.75) is 36.4 Å². The van der Waals surface area contributed by atoms with E-state index < -0.39 is 0 Å². The van der Waals surface area contributed by atoms with E-state index in [0.717, 1.165) is 53.9 Å². The first-order chi connectivity index (χ1) is 13.7. The molecule has 1 saturated heterocycles. The molecule has 0 spiro atoms. The molecule has 0 amide bonds. The molecule has 3 aromatic rings. The van der Waals surface area contributed by atoms with Crippen molar-refractivity contribution in [2.75, 3.05) is 13.7 Å². The van der Waals surface area contributed by atoms with Crippen LogP contribution in [0.25, 0.3) is 11.4 Å². The lowest BCUT2D eigenvalue weighted by Crippen LogP contribution is -2.16. The number of nitrogens with zero attached hydrogens (tertiary/aromatic N) is 3. The minimum absolute atomic E-state index is 0.179. The summed E-state index contributed by atoms with van der Waals surface area (Å²) in [5, 5.41) is 9.71. The lowest BCUT2D eigenvalue weighted by atomic mass is 10.2. The first-order valence-electron chi connectivity index (χ1n) is 9.29. The van der Waals surface area contributed by atoms with Gasteiger partial charge in [0.25, 0.3) is 0 Å². The van der Waals surface area contributed by atoms with Gasteiger partial charge in [-0.2, -0.15) is 0 Å². The minimum Gasteiger partial charge on any atom is -0.497 e. The number of benzene rings is 2. The van der Waals surface area contributed by atoms with Gasteiger partial charge in [0.1, 0.15) is 11.6 Å². The number of aromatic nitrogens is 3. The molecule has 0 aliphatic carbocycles. The lowest BCUT2D eigenvalue weighted by Gasteiger charge is -2.15. The predicted octanol–water partition coefficient (Wildman–Crippen LogP) is 4.56. The molecule has 1 aromatic heterocycles. The Balaban J connectivity index is 1.59. The lowest BCUT2D eigenvalue weighted by molar-refractivity contribution is 0.0953. The first-order valence-corrected chi connectivity index (χ1v) is 10.3. The third kappa shape index (κ3) is 4.36. The summed E-state index contributed by atoms with van der Waals surface area (Å²) in [4.78, 5) is 0. The average Bonchev–Trinajstić information content (AvgIpc) is 3.38. The highest BCUT2D eigenvalue weighted by molar-refractivity contribution is 7.98. The molecule has 0 radical (unpaired) electrons. The van der Waals surface area contributed by atoms with Crippen LogP contribution < -0.4 is 4.74 Å². The van der Waals surface area contributed by atoms with Gasteiger partial charge < -0.3 is 9.47 Å².